The van der Waals surface area contributed by atoms with Crippen LogP contribution in [0.4, 0.5) is 5.69 Å². The number of benzene rings is 3. The van der Waals surface area contributed by atoms with E-state index in [1.807, 2.05) is 0 Å². The highest BCUT2D eigenvalue weighted by Gasteiger charge is 2.40. The molecule has 2 nitrogen and oxygen atoms in total. The monoisotopic (exact) mass is 649 g/mol. The Labute approximate surface area is 292 Å². The Balaban J connectivity index is 1.05. The molecule has 2 heterocycles. The Morgan fingerprint density at radius 1 is 0.796 bits per heavy atom. The SMILES string of the molecule is C1=CC2=CC(c3cccc(N(C4=CCC(c5ccccc5)C=C4)C4=CCCC5=C4[Si]c4ccc6c(c45)OC4CCC=CC64)c3)=CCC2C=C1. The highest BCUT2D eigenvalue weighted by Crippen LogP contribution is 2.50. The second-order valence-corrected chi connectivity index (χ2v) is 15.5. The maximum Gasteiger partial charge on any atom is 0.131 e. The molecule has 0 aromatic heterocycles. The molecule has 10 rings (SSSR count). The molecule has 3 heteroatoms. The van der Waals surface area contributed by atoms with Crippen molar-refractivity contribution in [1.82, 2.24) is 0 Å². The standard InChI is InChI=1S/C46H39NOSi/c1-2-10-30(11-3-1)32-22-24-36(25-23-32)47(37-15-8-14-34(29-37)35-21-20-31-12-4-5-13-33(31)28-35)41-18-9-17-40-44-43(49-46(40)41)27-26-39-38-16-6-7-19-42(38)48-45(39)44/h1-6,8,10-16,18,21-22,24-29,31-32,38,42H,7,9,17,19-20,23H2. The molecule has 0 saturated heterocycles. The van der Waals surface area contributed by atoms with Crippen LogP contribution < -0.4 is 14.8 Å². The first-order chi connectivity index (χ1) is 24.3. The normalized spacial score (nSPS) is 25.6. The molecule has 0 fully saturated rings. The van der Waals surface area contributed by atoms with Crippen molar-refractivity contribution in [1.29, 1.82) is 0 Å². The van der Waals surface area contributed by atoms with E-state index in [1.54, 1.807) is 0 Å². The van der Waals surface area contributed by atoms with Gasteiger partial charge >= 0.3 is 0 Å². The van der Waals surface area contributed by atoms with E-state index in [1.165, 1.54) is 72.2 Å². The lowest BCUT2D eigenvalue weighted by Crippen LogP contribution is -2.27. The Hall–Kier alpha value is -4.86. The van der Waals surface area contributed by atoms with Crippen molar-refractivity contribution in [3.8, 4) is 5.75 Å². The van der Waals surface area contributed by atoms with E-state index < -0.39 is 0 Å². The zero-order valence-corrected chi connectivity index (χ0v) is 28.7. The first-order valence-electron chi connectivity index (χ1n) is 18.1. The van der Waals surface area contributed by atoms with Gasteiger partial charge in [-0.25, -0.2) is 0 Å². The molecule has 4 atom stereocenters. The summed E-state index contributed by atoms with van der Waals surface area (Å²) in [5.74, 6) is 2.47. The van der Waals surface area contributed by atoms with Crippen molar-refractivity contribution >= 4 is 31.5 Å². The average molecular weight is 650 g/mol. The molecule has 238 valence electrons. The average Bonchev–Trinajstić information content (AvgIpc) is 3.75. The second kappa shape index (κ2) is 11.9. The molecule has 0 spiro atoms. The van der Waals surface area contributed by atoms with Gasteiger partial charge in [-0.05, 0) is 95.0 Å². The number of hydrogen-bond donors (Lipinski definition) is 0. The molecular weight excluding hydrogens is 611 g/mol. The van der Waals surface area contributed by atoms with Gasteiger partial charge in [0.25, 0.3) is 0 Å². The van der Waals surface area contributed by atoms with Crippen LogP contribution in [0.15, 0.2) is 162 Å². The Bertz CT molecular complexity index is 2150. The van der Waals surface area contributed by atoms with Crippen LogP contribution in [0.25, 0.3) is 11.1 Å². The third kappa shape index (κ3) is 4.97. The van der Waals surface area contributed by atoms with Gasteiger partial charge in [-0.15, -0.1) is 0 Å². The van der Waals surface area contributed by atoms with Gasteiger partial charge in [-0.3, -0.25) is 0 Å². The highest BCUT2D eigenvalue weighted by atomic mass is 28.2. The minimum atomic E-state index is 0.284. The van der Waals surface area contributed by atoms with Crippen molar-refractivity contribution in [2.24, 2.45) is 5.92 Å². The van der Waals surface area contributed by atoms with Gasteiger partial charge in [0.15, 0.2) is 0 Å². The van der Waals surface area contributed by atoms with E-state index in [9.17, 15) is 0 Å². The lowest BCUT2D eigenvalue weighted by Gasteiger charge is -2.34. The van der Waals surface area contributed by atoms with Crippen molar-refractivity contribution < 1.29 is 4.74 Å². The molecule has 0 amide bonds. The number of anilines is 1. The lowest BCUT2D eigenvalue weighted by molar-refractivity contribution is 0.204. The van der Waals surface area contributed by atoms with Gasteiger partial charge in [0.2, 0.25) is 0 Å². The van der Waals surface area contributed by atoms with Crippen molar-refractivity contribution in [2.45, 2.75) is 56.5 Å². The predicted molar refractivity (Wildman–Crippen MR) is 204 cm³/mol. The van der Waals surface area contributed by atoms with Crippen LogP contribution in [-0.4, -0.2) is 15.6 Å². The predicted octanol–water partition coefficient (Wildman–Crippen LogP) is 10.2. The molecule has 2 aliphatic heterocycles. The largest absolute Gasteiger partial charge is 0.489 e. The van der Waals surface area contributed by atoms with Gasteiger partial charge < -0.3 is 9.64 Å². The van der Waals surface area contributed by atoms with Gasteiger partial charge in [0.05, 0.1) is 0 Å². The first kappa shape index (κ1) is 29.1. The molecule has 4 unspecified atom stereocenters. The number of allylic oxidation sites excluding steroid dienone is 15. The summed E-state index contributed by atoms with van der Waals surface area (Å²) >= 11 is 0. The van der Waals surface area contributed by atoms with E-state index >= 15 is 0 Å². The minimum absolute atomic E-state index is 0.284. The second-order valence-electron chi connectivity index (χ2n) is 14.2. The summed E-state index contributed by atoms with van der Waals surface area (Å²) in [6.45, 7) is 0. The molecule has 0 bridgehead atoms. The number of ether oxygens (including phenoxy) is 1. The van der Waals surface area contributed by atoms with Crippen molar-refractivity contribution in [3.63, 3.8) is 0 Å². The Morgan fingerprint density at radius 2 is 1.73 bits per heavy atom. The molecule has 3 aromatic carbocycles. The minimum Gasteiger partial charge on any atom is -0.489 e. The maximum absolute atomic E-state index is 6.82. The number of hydrogen-bond acceptors (Lipinski definition) is 2. The van der Waals surface area contributed by atoms with Crippen LogP contribution in [0.5, 0.6) is 5.75 Å². The topological polar surface area (TPSA) is 12.5 Å². The summed E-state index contributed by atoms with van der Waals surface area (Å²) in [7, 11) is 0.626. The summed E-state index contributed by atoms with van der Waals surface area (Å²) < 4.78 is 6.82. The highest BCUT2D eigenvalue weighted by molar-refractivity contribution is 6.67. The first-order valence-corrected chi connectivity index (χ1v) is 19.1. The van der Waals surface area contributed by atoms with Crippen LogP contribution in [0.2, 0.25) is 0 Å². The third-order valence-electron chi connectivity index (χ3n) is 11.4. The van der Waals surface area contributed by atoms with Crippen molar-refractivity contribution in [2.75, 3.05) is 4.90 Å². The van der Waals surface area contributed by atoms with Gasteiger partial charge in [0, 0.05) is 46.0 Å². The summed E-state index contributed by atoms with van der Waals surface area (Å²) in [6.07, 6.45) is 34.9. The Morgan fingerprint density at radius 3 is 2.65 bits per heavy atom. The number of rotatable bonds is 5. The zero-order valence-electron chi connectivity index (χ0n) is 27.7. The van der Waals surface area contributed by atoms with Crippen molar-refractivity contribution in [3.05, 3.63) is 184 Å². The molecule has 0 saturated carbocycles. The fraction of sp³-hybridized carbons (Fsp3) is 0.217. The van der Waals surface area contributed by atoms with E-state index in [2.05, 4.69) is 145 Å². The molecule has 49 heavy (non-hydrogen) atoms. The molecule has 2 radical (unpaired) electrons. The summed E-state index contributed by atoms with van der Waals surface area (Å²) in [5, 5.41) is 2.95. The van der Waals surface area contributed by atoms with E-state index in [0.29, 0.717) is 27.3 Å². The molecule has 5 aliphatic carbocycles. The van der Waals surface area contributed by atoms with Crippen LogP contribution in [0, 0.1) is 5.92 Å². The quantitative estimate of drug-likeness (QED) is 0.202. The van der Waals surface area contributed by atoms with Crippen LogP contribution in [0.3, 0.4) is 0 Å². The fourth-order valence-corrected chi connectivity index (χ4v) is 10.5. The fourth-order valence-electron chi connectivity index (χ4n) is 8.89. The van der Waals surface area contributed by atoms with Gasteiger partial charge in [0.1, 0.15) is 21.4 Å². The van der Waals surface area contributed by atoms with Gasteiger partial charge in [-0.1, -0.05) is 121 Å². The summed E-state index contributed by atoms with van der Waals surface area (Å²) in [4.78, 5) is 2.57. The third-order valence-corrected chi connectivity index (χ3v) is 12.9. The molecule has 3 aromatic rings. The lowest BCUT2D eigenvalue weighted by atomic mass is 9.84. The smallest absolute Gasteiger partial charge is 0.131 e. The number of nitrogens with zero attached hydrogens (tertiary/aromatic N) is 1. The zero-order chi connectivity index (χ0) is 32.3. The maximum atomic E-state index is 6.82. The van der Waals surface area contributed by atoms with Crippen LogP contribution in [-0.2, 0) is 0 Å². The van der Waals surface area contributed by atoms with Crippen LogP contribution in [0.1, 0.15) is 72.6 Å². The molecule has 7 aliphatic rings. The van der Waals surface area contributed by atoms with E-state index in [4.69, 9.17) is 4.74 Å². The summed E-state index contributed by atoms with van der Waals surface area (Å²) in [6, 6.07) is 25.0. The Kier molecular flexibility index (Phi) is 7.08. The number of fused-ring (bicyclic) bond motifs is 7. The van der Waals surface area contributed by atoms with Gasteiger partial charge in [-0.2, -0.15) is 0 Å². The van der Waals surface area contributed by atoms with Crippen LogP contribution >= 0.6 is 0 Å². The van der Waals surface area contributed by atoms with E-state index in [-0.39, 0.29) is 6.10 Å². The summed E-state index contributed by atoms with van der Waals surface area (Å²) in [5.41, 5.74) is 13.5. The molecular formula is C46H39NOSi. The molecule has 0 N–H and O–H groups in total. The van der Waals surface area contributed by atoms with E-state index in [0.717, 1.165) is 38.5 Å².